The molecule has 2 aromatic heterocycles. The van der Waals surface area contributed by atoms with Gasteiger partial charge in [-0.3, -0.25) is 14.3 Å². The molecule has 2 aliphatic heterocycles. The average molecular weight is 433 g/mol. The minimum Gasteiger partial charge on any atom is -0.370 e. The van der Waals surface area contributed by atoms with E-state index >= 15 is 0 Å². The molecule has 5 rings (SSSR count). The second-order valence-electron chi connectivity index (χ2n) is 8.46. The van der Waals surface area contributed by atoms with E-state index in [0.29, 0.717) is 37.0 Å². The van der Waals surface area contributed by atoms with Crippen LogP contribution in [0.2, 0.25) is 0 Å². The molecule has 2 fully saturated rings. The SMILES string of the molecule is Cn1c(N2CCO[C@H](c3ccc(CN4CCCC4)cc3)C2)nc(-c2ccncn2)cc1=O. The first-order valence-corrected chi connectivity index (χ1v) is 11.2. The van der Waals surface area contributed by atoms with Gasteiger partial charge in [0.15, 0.2) is 0 Å². The van der Waals surface area contributed by atoms with Gasteiger partial charge in [0.25, 0.3) is 5.56 Å². The molecular weight excluding hydrogens is 404 g/mol. The highest BCUT2D eigenvalue weighted by Crippen LogP contribution is 2.26. The number of rotatable bonds is 5. The summed E-state index contributed by atoms with van der Waals surface area (Å²) in [4.78, 5) is 30.2. The molecule has 32 heavy (non-hydrogen) atoms. The van der Waals surface area contributed by atoms with Crippen molar-refractivity contribution in [1.29, 1.82) is 0 Å². The van der Waals surface area contributed by atoms with Gasteiger partial charge in [0.2, 0.25) is 5.95 Å². The van der Waals surface area contributed by atoms with E-state index < -0.39 is 0 Å². The maximum absolute atomic E-state index is 12.6. The van der Waals surface area contributed by atoms with Crippen molar-refractivity contribution in [3.8, 4) is 11.4 Å². The summed E-state index contributed by atoms with van der Waals surface area (Å²) in [6.07, 6.45) is 5.66. The maximum atomic E-state index is 12.6. The summed E-state index contributed by atoms with van der Waals surface area (Å²) >= 11 is 0. The summed E-state index contributed by atoms with van der Waals surface area (Å²) in [5.41, 5.74) is 3.57. The number of morpholine rings is 1. The van der Waals surface area contributed by atoms with E-state index in [-0.39, 0.29) is 11.7 Å². The van der Waals surface area contributed by atoms with Gasteiger partial charge in [-0.1, -0.05) is 24.3 Å². The van der Waals surface area contributed by atoms with Crippen LogP contribution >= 0.6 is 0 Å². The van der Waals surface area contributed by atoms with Crippen LogP contribution in [0.25, 0.3) is 11.4 Å². The Bertz CT molecular complexity index is 1110. The van der Waals surface area contributed by atoms with Crippen molar-refractivity contribution in [2.75, 3.05) is 37.7 Å². The molecule has 166 valence electrons. The van der Waals surface area contributed by atoms with Gasteiger partial charge in [-0.2, -0.15) is 0 Å². The fourth-order valence-corrected chi connectivity index (χ4v) is 4.45. The molecule has 0 saturated carbocycles. The van der Waals surface area contributed by atoms with Crippen LogP contribution in [0.4, 0.5) is 5.95 Å². The van der Waals surface area contributed by atoms with Gasteiger partial charge in [0.05, 0.1) is 24.5 Å². The zero-order chi connectivity index (χ0) is 21.9. The van der Waals surface area contributed by atoms with Crippen molar-refractivity contribution in [2.45, 2.75) is 25.5 Å². The molecule has 0 bridgehead atoms. The zero-order valence-corrected chi connectivity index (χ0v) is 18.4. The van der Waals surface area contributed by atoms with Crippen molar-refractivity contribution in [1.82, 2.24) is 24.4 Å². The van der Waals surface area contributed by atoms with Crippen molar-refractivity contribution < 1.29 is 4.74 Å². The number of ether oxygens (including phenoxy) is 1. The lowest BCUT2D eigenvalue weighted by Gasteiger charge is -2.34. The summed E-state index contributed by atoms with van der Waals surface area (Å²) in [5.74, 6) is 0.630. The van der Waals surface area contributed by atoms with Crippen LogP contribution in [-0.2, 0) is 18.3 Å². The molecule has 4 heterocycles. The second-order valence-corrected chi connectivity index (χ2v) is 8.46. The molecule has 0 N–H and O–H groups in total. The number of hydrogen-bond donors (Lipinski definition) is 0. The van der Waals surface area contributed by atoms with Crippen LogP contribution < -0.4 is 10.5 Å². The van der Waals surface area contributed by atoms with Crippen LogP contribution in [0.1, 0.15) is 30.1 Å². The number of benzene rings is 1. The van der Waals surface area contributed by atoms with Crippen LogP contribution in [0.15, 0.2) is 53.7 Å². The highest BCUT2D eigenvalue weighted by atomic mass is 16.5. The largest absolute Gasteiger partial charge is 0.370 e. The quantitative estimate of drug-likeness (QED) is 0.613. The molecule has 8 heteroatoms. The Morgan fingerprint density at radius 2 is 1.88 bits per heavy atom. The summed E-state index contributed by atoms with van der Waals surface area (Å²) in [6.45, 7) is 5.30. The molecule has 2 aliphatic rings. The van der Waals surface area contributed by atoms with Crippen LogP contribution in [0.5, 0.6) is 0 Å². The van der Waals surface area contributed by atoms with Gasteiger partial charge in [-0.05, 0) is 43.1 Å². The number of nitrogens with zero attached hydrogens (tertiary/aromatic N) is 6. The van der Waals surface area contributed by atoms with Crippen LogP contribution in [0.3, 0.4) is 0 Å². The molecule has 8 nitrogen and oxygen atoms in total. The summed E-state index contributed by atoms with van der Waals surface area (Å²) in [5, 5.41) is 0. The van der Waals surface area contributed by atoms with Gasteiger partial charge in [-0.25, -0.2) is 15.0 Å². The Labute approximate surface area is 187 Å². The molecule has 0 spiro atoms. The van der Waals surface area contributed by atoms with E-state index in [2.05, 4.69) is 44.0 Å². The van der Waals surface area contributed by atoms with Crippen molar-refractivity contribution in [3.63, 3.8) is 0 Å². The second kappa shape index (κ2) is 9.18. The van der Waals surface area contributed by atoms with Crippen LogP contribution in [0, 0.1) is 0 Å². The minimum atomic E-state index is -0.113. The molecule has 1 aromatic carbocycles. The van der Waals surface area contributed by atoms with E-state index in [1.54, 1.807) is 23.9 Å². The Morgan fingerprint density at radius 1 is 1.06 bits per heavy atom. The molecule has 1 atom stereocenters. The third-order valence-electron chi connectivity index (χ3n) is 6.26. The Kier molecular flexibility index (Phi) is 5.96. The number of aromatic nitrogens is 4. The van der Waals surface area contributed by atoms with Crippen molar-refractivity contribution in [2.24, 2.45) is 7.05 Å². The molecular formula is C24H28N6O2. The number of likely N-dealkylation sites (tertiary alicyclic amines) is 1. The first kappa shape index (κ1) is 20.8. The highest BCUT2D eigenvalue weighted by molar-refractivity contribution is 5.55. The Morgan fingerprint density at radius 3 is 2.62 bits per heavy atom. The molecule has 0 unspecified atom stereocenters. The lowest BCUT2D eigenvalue weighted by atomic mass is 10.1. The monoisotopic (exact) mass is 432 g/mol. The lowest BCUT2D eigenvalue weighted by molar-refractivity contribution is 0.0389. The third-order valence-corrected chi connectivity index (χ3v) is 6.26. The first-order valence-electron chi connectivity index (χ1n) is 11.2. The minimum absolute atomic E-state index is 0.0656. The van der Waals surface area contributed by atoms with Gasteiger partial charge in [-0.15, -0.1) is 0 Å². The molecule has 3 aromatic rings. The topological polar surface area (TPSA) is 76.4 Å². The van der Waals surface area contributed by atoms with Gasteiger partial charge in [0.1, 0.15) is 12.4 Å². The summed E-state index contributed by atoms with van der Waals surface area (Å²) in [6, 6.07) is 12.0. The van der Waals surface area contributed by atoms with E-state index in [1.807, 2.05) is 0 Å². The molecule has 0 aliphatic carbocycles. The fourth-order valence-electron chi connectivity index (χ4n) is 4.45. The average Bonchev–Trinajstić information content (AvgIpc) is 3.35. The fraction of sp³-hybridized carbons (Fsp3) is 0.417. The van der Waals surface area contributed by atoms with Crippen molar-refractivity contribution >= 4 is 5.95 Å². The third kappa shape index (κ3) is 4.42. The van der Waals surface area contributed by atoms with Gasteiger partial charge < -0.3 is 9.64 Å². The van der Waals surface area contributed by atoms with Crippen LogP contribution in [-0.4, -0.2) is 57.2 Å². The molecule has 0 amide bonds. The first-order chi connectivity index (χ1) is 15.7. The Balaban J connectivity index is 1.35. The number of anilines is 1. The predicted octanol–water partition coefficient (Wildman–Crippen LogP) is 2.41. The van der Waals surface area contributed by atoms with Gasteiger partial charge in [0, 0.05) is 32.4 Å². The highest BCUT2D eigenvalue weighted by Gasteiger charge is 2.25. The van der Waals surface area contributed by atoms with E-state index in [1.165, 1.54) is 43.9 Å². The van der Waals surface area contributed by atoms with E-state index in [4.69, 9.17) is 9.72 Å². The van der Waals surface area contributed by atoms with E-state index in [9.17, 15) is 4.79 Å². The summed E-state index contributed by atoms with van der Waals surface area (Å²) in [7, 11) is 1.76. The summed E-state index contributed by atoms with van der Waals surface area (Å²) < 4.78 is 7.68. The molecule has 0 radical (unpaired) electrons. The number of hydrogen-bond acceptors (Lipinski definition) is 7. The Hall–Kier alpha value is -3.10. The smallest absolute Gasteiger partial charge is 0.255 e. The maximum Gasteiger partial charge on any atom is 0.255 e. The van der Waals surface area contributed by atoms with E-state index in [0.717, 1.165) is 12.1 Å². The standard InChI is InChI=1S/C24H28N6O2/c1-28-23(31)14-21(20-8-9-25-17-26-20)27-24(28)30-12-13-32-22(16-30)19-6-4-18(5-7-19)15-29-10-2-3-11-29/h4-9,14,17,22H,2-3,10-13,15-16H2,1H3/t22-/m0/s1. The predicted molar refractivity (Wildman–Crippen MR) is 122 cm³/mol. The lowest BCUT2D eigenvalue weighted by Crippen LogP contribution is -2.41. The van der Waals surface area contributed by atoms with Crippen molar-refractivity contribution in [3.05, 3.63) is 70.4 Å². The van der Waals surface area contributed by atoms with Gasteiger partial charge >= 0.3 is 0 Å². The molecule has 2 saturated heterocycles. The zero-order valence-electron chi connectivity index (χ0n) is 18.4. The normalized spacial score (nSPS) is 19.4.